The fraction of sp³-hybridized carbons (Fsp3) is 0.156. The second-order valence-electron chi connectivity index (χ2n) is 9.53. The third-order valence-electron chi connectivity index (χ3n) is 7.21. The zero-order valence-electron chi connectivity index (χ0n) is 21.6. The van der Waals surface area contributed by atoms with Crippen LogP contribution in [0, 0.1) is 0 Å². The molecule has 0 radical (unpaired) electrons. The van der Waals surface area contributed by atoms with Crippen molar-refractivity contribution in [2.24, 2.45) is 0 Å². The fourth-order valence-electron chi connectivity index (χ4n) is 5.13. The lowest BCUT2D eigenvalue weighted by Crippen LogP contribution is -2.49. The Bertz CT molecular complexity index is 1670. The van der Waals surface area contributed by atoms with Crippen molar-refractivity contribution in [1.29, 1.82) is 0 Å². The molecule has 5 aromatic rings. The molecule has 7 nitrogen and oxygen atoms in total. The number of aromatic nitrogens is 1. The van der Waals surface area contributed by atoms with Crippen LogP contribution in [0.3, 0.4) is 0 Å². The van der Waals surface area contributed by atoms with Crippen molar-refractivity contribution in [3.05, 3.63) is 108 Å². The van der Waals surface area contributed by atoms with Crippen LogP contribution in [0.2, 0.25) is 0 Å². The maximum Gasteiger partial charge on any atom is 0.272 e. The molecule has 1 N–H and O–H groups in total. The Hall–Kier alpha value is -4.91. The van der Waals surface area contributed by atoms with Gasteiger partial charge in [-0.3, -0.25) is 9.59 Å². The number of piperazine rings is 1. The predicted octanol–water partition coefficient (Wildman–Crippen LogP) is 5.61. The van der Waals surface area contributed by atoms with Crippen LogP contribution in [0.4, 0.5) is 11.4 Å². The minimum absolute atomic E-state index is 0.0924. The number of fused-ring (bicyclic) bond motifs is 2. The van der Waals surface area contributed by atoms with E-state index < -0.39 is 0 Å². The van der Waals surface area contributed by atoms with E-state index in [1.807, 2.05) is 95.9 Å². The van der Waals surface area contributed by atoms with Crippen LogP contribution in [0.15, 0.2) is 97.1 Å². The predicted molar refractivity (Wildman–Crippen MR) is 155 cm³/mol. The van der Waals surface area contributed by atoms with Crippen molar-refractivity contribution in [2.45, 2.75) is 0 Å². The van der Waals surface area contributed by atoms with E-state index in [0.29, 0.717) is 43.2 Å². The number of hydrogen-bond acceptors (Lipinski definition) is 5. The first-order valence-corrected chi connectivity index (χ1v) is 13.0. The van der Waals surface area contributed by atoms with E-state index in [2.05, 4.69) is 15.2 Å². The number of nitrogens with one attached hydrogen (secondary N) is 1. The summed E-state index contributed by atoms with van der Waals surface area (Å²) in [6.45, 7) is 2.60. The molecule has 6 rings (SSSR count). The Morgan fingerprint density at radius 1 is 0.795 bits per heavy atom. The Balaban J connectivity index is 1.10. The lowest BCUT2D eigenvalue weighted by molar-refractivity contribution is 0.0740. The molecule has 0 aliphatic carbocycles. The minimum Gasteiger partial charge on any atom is -0.496 e. The number of anilines is 2. The number of amides is 2. The molecule has 194 valence electrons. The van der Waals surface area contributed by atoms with Crippen molar-refractivity contribution in [2.75, 3.05) is 43.5 Å². The molecule has 0 atom stereocenters. The highest BCUT2D eigenvalue weighted by molar-refractivity contribution is 6.13. The highest BCUT2D eigenvalue weighted by Crippen LogP contribution is 2.27. The monoisotopic (exact) mass is 516 g/mol. The molecule has 0 saturated carbocycles. The number of pyridine rings is 1. The van der Waals surface area contributed by atoms with Crippen molar-refractivity contribution in [3.8, 4) is 5.75 Å². The van der Waals surface area contributed by atoms with Gasteiger partial charge in [-0.05, 0) is 53.2 Å². The molecule has 1 saturated heterocycles. The summed E-state index contributed by atoms with van der Waals surface area (Å²) in [6, 6.07) is 30.9. The van der Waals surface area contributed by atoms with Gasteiger partial charge in [0.25, 0.3) is 11.8 Å². The molecule has 2 heterocycles. The first kappa shape index (κ1) is 24.4. The zero-order valence-corrected chi connectivity index (χ0v) is 21.6. The number of para-hydroxylation sites is 1. The maximum atomic E-state index is 13.2. The van der Waals surface area contributed by atoms with Gasteiger partial charge in [0.15, 0.2) is 0 Å². The van der Waals surface area contributed by atoms with Gasteiger partial charge in [0.1, 0.15) is 11.4 Å². The molecule has 4 aromatic carbocycles. The number of carbonyl (C=O) groups excluding carboxylic acids is 2. The molecular weight excluding hydrogens is 488 g/mol. The van der Waals surface area contributed by atoms with Crippen LogP contribution in [-0.4, -0.2) is 55.0 Å². The summed E-state index contributed by atoms with van der Waals surface area (Å²) in [4.78, 5) is 34.9. The van der Waals surface area contributed by atoms with Gasteiger partial charge in [-0.2, -0.15) is 0 Å². The smallest absolute Gasteiger partial charge is 0.272 e. The molecule has 39 heavy (non-hydrogen) atoms. The summed E-state index contributed by atoms with van der Waals surface area (Å²) in [5.41, 5.74) is 3.57. The van der Waals surface area contributed by atoms with Gasteiger partial charge in [-0.1, -0.05) is 48.5 Å². The Morgan fingerprint density at radius 2 is 1.49 bits per heavy atom. The van der Waals surface area contributed by atoms with Crippen molar-refractivity contribution in [3.63, 3.8) is 0 Å². The van der Waals surface area contributed by atoms with Gasteiger partial charge in [0, 0.05) is 54.6 Å². The van der Waals surface area contributed by atoms with Crippen LogP contribution in [0.25, 0.3) is 21.7 Å². The number of benzene rings is 4. The number of carbonyl (C=O) groups is 2. The second kappa shape index (κ2) is 10.5. The summed E-state index contributed by atoms with van der Waals surface area (Å²) in [7, 11) is 1.61. The summed E-state index contributed by atoms with van der Waals surface area (Å²) < 4.78 is 5.51. The van der Waals surface area contributed by atoms with E-state index in [9.17, 15) is 9.59 Å². The first-order valence-electron chi connectivity index (χ1n) is 13.0. The number of methoxy groups -OCH3 is 1. The molecule has 0 spiro atoms. The number of hydrogen-bond donors (Lipinski definition) is 1. The zero-order chi connectivity index (χ0) is 26.8. The van der Waals surface area contributed by atoms with E-state index in [-0.39, 0.29) is 11.8 Å². The average Bonchev–Trinajstić information content (AvgIpc) is 3.00. The van der Waals surface area contributed by atoms with Crippen LogP contribution in [0.5, 0.6) is 5.75 Å². The van der Waals surface area contributed by atoms with Crippen LogP contribution >= 0.6 is 0 Å². The third kappa shape index (κ3) is 4.86. The number of rotatable bonds is 5. The highest BCUT2D eigenvalue weighted by atomic mass is 16.5. The van der Waals surface area contributed by atoms with Crippen LogP contribution in [-0.2, 0) is 0 Å². The maximum absolute atomic E-state index is 13.2. The molecular formula is C32H28N4O3. The average molecular weight is 517 g/mol. The molecule has 1 fully saturated rings. The topological polar surface area (TPSA) is 74.8 Å². The molecule has 0 unspecified atom stereocenters. The minimum atomic E-state index is -0.134. The van der Waals surface area contributed by atoms with Crippen molar-refractivity contribution in [1.82, 2.24) is 9.88 Å². The molecule has 0 bridgehead atoms. The van der Waals surface area contributed by atoms with Gasteiger partial charge < -0.3 is 19.9 Å². The molecule has 1 aliphatic heterocycles. The lowest BCUT2D eigenvalue weighted by atomic mass is 10.0. The van der Waals surface area contributed by atoms with Crippen LogP contribution in [0.1, 0.15) is 20.8 Å². The first-order chi connectivity index (χ1) is 19.1. The summed E-state index contributed by atoms with van der Waals surface area (Å²) in [5, 5.41) is 5.87. The van der Waals surface area contributed by atoms with Crippen molar-refractivity contribution >= 4 is 44.9 Å². The number of ether oxygens (including phenoxy) is 1. The van der Waals surface area contributed by atoms with E-state index in [1.54, 1.807) is 13.2 Å². The summed E-state index contributed by atoms with van der Waals surface area (Å²) in [5.74, 6) is 0.422. The van der Waals surface area contributed by atoms with Crippen LogP contribution < -0.4 is 15.0 Å². The molecule has 7 heteroatoms. The quantitative estimate of drug-likeness (QED) is 0.329. The van der Waals surface area contributed by atoms with E-state index >= 15 is 0 Å². The highest BCUT2D eigenvalue weighted by Gasteiger charge is 2.24. The van der Waals surface area contributed by atoms with Gasteiger partial charge >= 0.3 is 0 Å². The largest absolute Gasteiger partial charge is 0.496 e. The summed E-state index contributed by atoms with van der Waals surface area (Å²) >= 11 is 0. The van der Waals surface area contributed by atoms with Gasteiger partial charge in [0.2, 0.25) is 0 Å². The molecule has 1 aromatic heterocycles. The fourth-order valence-corrected chi connectivity index (χ4v) is 5.13. The summed E-state index contributed by atoms with van der Waals surface area (Å²) in [6.07, 6.45) is 0. The lowest BCUT2D eigenvalue weighted by Gasteiger charge is -2.36. The second-order valence-corrected chi connectivity index (χ2v) is 9.53. The third-order valence-corrected chi connectivity index (χ3v) is 7.21. The van der Waals surface area contributed by atoms with Crippen molar-refractivity contribution < 1.29 is 14.3 Å². The van der Waals surface area contributed by atoms with Gasteiger partial charge in [-0.15, -0.1) is 0 Å². The number of nitrogens with zero attached hydrogens (tertiary/aromatic N) is 3. The SMILES string of the molecule is COc1cc(C(=O)N2CCN(c3ccc(NC(=O)c4cccc5ccccc45)cc3)CC2)nc2ccccc12. The Morgan fingerprint density at radius 3 is 2.26 bits per heavy atom. The van der Waals surface area contributed by atoms with E-state index in [4.69, 9.17) is 4.74 Å². The normalized spacial score (nSPS) is 13.5. The Labute approximate surface area is 226 Å². The van der Waals surface area contributed by atoms with E-state index in [0.717, 1.165) is 33.1 Å². The Kier molecular flexibility index (Phi) is 6.55. The van der Waals surface area contributed by atoms with E-state index in [1.165, 1.54) is 0 Å². The molecule has 1 aliphatic rings. The molecule has 2 amide bonds. The van der Waals surface area contributed by atoms with Gasteiger partial charge in [0.05, 0.1) is 12.6 Å². The van der Waals surface area contributed by atoms with Gasteiger partial charge in [-0.25, -0.2) is 4.98 Å². The standard InChI is InChI=1S/C32H28N4O3/c1-39-30-21-29(34-28-12-5-4-10-27(28)30)32(38)36-19-17-35(18-20-36)24-15-13-23(14-16-24)33-31(37)26-11-6-8-22-7-2-3-9-25(22)26/h2-16,21H,17-20H2,1H3,(H,33,37).